The molecule has 0 fully saturated rings. The zero-order chi connectivity index (χ0) is 11.3. The van der Waals surface area contributed by atoms with Gasteiger partial charge in [-0.15, -0.1) is 0 Å². The molecule has 1 aromatic heterocycles. The Morgan fingerprint density at radius 3 is 2.87 bits per heavy atom. The third-order valence-corrected chi connectivity index (χ3v) is 3.07. The van der Waals surface area contributed by atoms with Crippen LogP contribution in [-0.4, -0.2) is 17.1 Å². The fourth-order valence-corrected chi connectivity index (χ4v) is 2.24. The highest BCUT2D eigenvalue weighted by Crippen LogP contribution is 2.16. The number of hydrogen-bond acceptors (Lipinski definition) is 3. The summed E-state index contributed by atoms with van der Waals surface area (Å²) in [5, 5.41) is 16.2. The monoisotopic (exact) mass is 227 g/mol. The third-order valence-electron chi connectivity index (χ3n) is 2.37. The Bertz CT molecular complexity index is 298. The Morgan fingerprint density at radius 1 is 1.67 bits per heavy atom. The second kappa shape index (κ2) is 5.88. The van der Waals surface area contributed by atoms with E-state index in [0.29, 0.717) is 6.42 Å². The lowest BCUT2D eigenvalue weighted by Crippen LogP contribution is -2.38. The number of carboxylic acids is 1. The molecule has 0 saturated heterocycles. The van der Waals surface area contributed by atoms with Gasteiger partial charge >= 0.3 is 5.97 Å². The Balaban J connectivity index is 2.54. The standard InChI is InChI=1S/C11H17NO2S/c1-3-4-10(11(13)14)12-8(2)9-5-6-15-7-9/h5-8,10,12H,3-4H2,1-2H3,(H,13,14). The molecule has 15 heavy (non-hydrogen) atoms. The van der Waals surface area contributed by atoms with Crippen LogP contribution in [0.5, 0.6) is 0 Å². The first-order chi connectivity index (χ1) is 7.15. The molecule has 0 spiro atoms. The normalized spacial score (nSPS) is 14.8. The van der Waals surface area contributed by atoms with Crippen LogP contribution >= 0.6 is 11.3 Å². The van der Waals surface area contributed by atoms with E-state index in [2.05, 4.69) is 5.32 Å². The van der Waals surface area contributed by atoms with Crippen molar-refractivity contribution in [1.29, 1.82) is 0 Å². The zero-order valence-electron chi connectivity index (χ0n) is 9.06. The van der Waals surface area contributed by atoms with Crippen LogP contribution in [0, 0.1) is 0 Å². The van der Waals surface area contributed by atoms with Gasteiger partial charge in [0.05, 0.1) is 0 Å². The van der Waals surface area contributed by atoms with Gasteiger partial charge in [0.25, 0.3) is 0 Å². The Kier molecular flexibility index (Phi) is 4.78. The predicted octanol–water partition coefficient (Wildman–Crippen LogP) is 2.65. The van der Waals surface area contributed by atoms with Crippen molar-refractivity contribution >= 4 is 17.3 Å². The summed E-state index contributed by atoms with van der Waals surface area (Å²) in [6, 6.07) is 1.68. The van der Waals surface area contributed by atoms with Crippen LogP contribution in [0.3, 0.4) is 0 Å². The average molecular weight is 227 g/mol. The van der Waals surface area contributed by atoms with Crippen LogP contribution in [0.15, 0.2) is 16.8 Å². The molecule has 0 radical (unpaired) electrons. The van der Waals surface area contributed by atoms with E-state index in [0.717, 1.165) is 12.0 Å². The van der Waals surface area contributed by atoms with Crippen molar-refractivity contribution in [3.63, 3.8) is 0 Å². The molecule has 0 aliphatic heterocycles. The minimum absolute atomic E-state index is 0.101. The molecule has 3 nitrogen and oxygen atoms in total. The van der Waals surface area contributed by atoms with Crippen molar-refractivity contribution < 1.29 is 9.90 Å². The largest absolute Gasteiger partial charge is 0.480 e. The molecule has 0 aromatic carbocycles. The highest BCUT2D eigenvalue weighted by Gasteiger charge is 2.18. The summed E-state index contributed by atoms with van der Waals surface area (Å²) in [4.78, 5) is 10.9. The van der Waals surface area contributed by atoms with Crippen molar-refractivity contribution in [3.05, 3.63) is 22.4 Å². The number of thiophene rings is 1. The molecule has 1 rings (SSSR count). The zero-order valence-corrected chi connectivity index (χ0v) is 9.88. The lowest BCUT2D eigenvalue weighted by atomic mass is 10.1. The van der Waals surface area contributed by atoms with Gasteiger partial charge in [-0.25, -0.2) is 0 Å². The van der Waals surface area contributed by atoms with E-state index in [4.69, 9.17) is 5.11 Å². The van der Waals surface area contributed by atoms with Crippen molar-refractivity contribution in [2.75, 3.05) is 0 Å². The molecule has 2 N–H and O–H groups in total. The van der Waals surface area contributed by atoms with E-state index in [9.17, 15) is 4.79 Å². The SMILES string of the molecule is CCCC(NC(C)c1ccsc1)C(=O)O. The summed E-state index contributed by atoms with van der Waals surface area (Å²) in [5.74, 6) is -0.765. The second-order valence-corrected chi connectivity index (χ2v) is 4.40. The summed E-state index contributed by atoms with van der Waals surface area (Å²) < 4.78 is 0. The molecule has 0 aliphatic rings. The lowest BCUT2D eigenvalue weighted by Gasteiger charge is -2.18. The van der Waals surface area contributed by atoms with Crippen LogP contribution in [0.25, 0.3) is 0 Å². The van der Waals surface area contributed by atoms with Crippen LogP contribution in [0.4, 0.5) is 0 Å². The van der Waals surface area contributed by atoms with Gasteiger partial charge in [-0.05, 0) is 35.7 Å². The maximum absolute atomic E-state index is 10.9. The Hall–Kier alpha value is -0.870. The van der Waals surface area contributed by atoms with Gasteiger partial charge in [0.1, 0.15) is 6.04 Å². The second-order valence-electron chi connectivity index (χ2n) is 3.62. The predicted molar refractivity (Wildman–Crippen MR) is 62.2 cm³/mol. The smallest absolute Gasteiger partial charge is 0.320 e. The first-order valence-corrected chi connectivity index (χ1v) is 6.10. The molecular weight excluding hydrogens is 210 g/mol. The van der Waals surface area contributed by atoms with Crippen molar-refractivity contribution in [3.8, 4) is 0 Å². The number of carboxylic acid groups (broad SMARTS) is 1. The lowest BCUT2D eigenvalue weighted by molar-refractivity contribution is -0.139. The number of rotatable bonds is 6. The van der Waals surface area contributed by atoms with E-state index in [1.807, 2.05) is 30.7 Å². The maximum Gasteiger partial charge on any atom is 0.320 e. The molecule has 84 valence electrons. The van der Waals surface area contributed by atoms with Crippen LogP contribution in [-0.2, 0) is 4.79 Å². The van der Waals surface area contributed by atoms with E-state index in [1.165, 1.54) is 0 Å². The summed E-state index contributed by atoms with van der Waals surface area (Å²) in [6.45, 7) is 3.99. The minimum Gasteiger partial charge on any atom is -0.480 e. The van der Waals surface area contributed by atoms with Gasteiger partial charge in [-0.1, -0.05) is 13.3 Å². The Morgan fingerprint density at radius 2 is 2.40 bits per heavy atom. The van der Waals surface area contributed by atoms with Crippen molar-refractivity contribution in [2.45, 2.75) is 38.8 Å². The third kappa shape index (κ3) is 3.64. The summed E-state index contributed by atoms with van der Waals surface area (Å²) in [6.07, 6.45) is 1.55. The molecule has 2 unspecified atom stereocenters. The molecule has 0 aliphatic carbocycles. The topological polar surface area (TPSA) is 49.3 Å². The fraction of sp³-hybridized carbons (Fsp3) is 0.545. The Labute approximate surface area is 94.1 Å². The number of carbonyl (C=O) groups is 1. The maximum atomic E-state index is 10.9. The van der Waals surface area contributed by atoms with Gasteiger partial charge in [0.15, 0.2) is 0 Å². The highest BCUT2D eigenvalue weighted by molar-refractivity contribution is 7.07. The summed E-state index contributed by atoms with van der Waals surface area (Å²) >= 11 is 1.63. The van der Waals surface area contributed by atoms with E-state index in [-0.39, 0.29) is 6.04 Å². The van der Waals surface area contributed by atoms with Crippen LogP contribution in [0.2, 0.25) is 0 Å². The summed E-state index contributed by atoms with van der Waals surface area (Å²) in [7, 11) is 0. The minimum atomic E-state index is -0.765. The van der Waals surface area contributed by atoms with Crippen molar-refractivity contribution in [2.24, 2.45) is 0 Å². The van der Waals surface area contributed by atoms with E-state index in [1.54, 1.807) is 11.3 Å². The molecule has 0 bridgehead atoms. The first kappa shape index (κ1) is 12.2. The molecule has 4 heteroatoms. The molecule has 1 heterocycles. The van der Waals surface area contributed by atoms with Gasteiger partial charge in [0, 0.05) is 6.04 Å². The molecule has 2 atom stereocenters. The van der Waals surface area contributed by atoms with Crippen molar-refractivity contribution in [1.82, 2.24) is 5.32 Å². The number of aliphatic carboxylic acids is 1. The van der Waals surface area contributed by atoms with Crippen LogP contribution < -0.4 is 5.32 Å². The van der Waals surface area contributed by atoms with E-state index < -0.39 is 12.0 Å². The van der Waals surface area contributed by atoms with E-state index >= 15 is 0 Å². The molecule has 0 amide bonds. The molecule has 0 saturated carbocycles. The molecular formula is C11H17NO2S. The summed E-state index contributed by atoms with van der Waals surface area (Å²) in [5.41, 5.74) is 1.15. The van der Waals surface area contributed by atoms with Gasteiger partial charge in [-0.2, -0.15) is 11.3 Å². The quantitative estimate of drug-likeness (QED) is 0.785. The van der Waals surface area contributed by atoms with Gasteiger partial charge in [-0.3, -0.25) is 10.1 Å². The molecule has 1 aromatic rings. The van der Waals surface area contributed by atoms with Gasteiger partial charge < -0.3 is 5.11 Å². The first-order valence-electron chi connectivity index (χ1n) is 5.16. The van der Waals surface area contributed by atoms with Crippen LogP contribution in [0.1, 0.15) is 38.3 Å². The average Bonchev–Trinajstić information content (AvgIpc) is 2.69. The highest BCUT2D eigenvalue weighted by atomic mass is 32.1. The van der Waals surface area contributed by atoms with Gasteiger partial charge in [0.2, 0.25) is 0 Å². The number of hydrogen-bond donors (Lipinski definition) is 2. The number of nitrogens with one attached hydrogen (secondary N) is 1. The fourth-order valence-electron chi connectivity index (χ4n) is 1.49.